The Kier molecular flexibility index (Phi) is 2.90. The maximum atomic E-state index is 12.0. The predicted octanol–water partition coefficient (Wildman–Crippen LogP) is 1.26. The van der Waals surface area contributed by atoms with Gasteiger partial charge in [0.1, 0.15) is 0 Å². The van der Waals surface area contributed by atoms with Crippen LogP contribution in [0.5, 0.6) is 0 Å². The fraction of sp³-hybridized carbons (Fsp3) is 0.467. The molecule has 100 valence electrons. The van der Waals surface area contributed by atoms with Crippen LogP contribution in [0, 0.1) is 18.8 Å². The number of likely N-dealkylation sites (tertiary alicyclic amines) is 1. The van der Waals surface area contributed by atoms with Gasteiger partial charge in [0.2, 0.25) is 11.8 Å². The van der Waals surface area contributed by atoms with Crippen molar-refractivity contribution in [1.29, 1.82) is 0 Å². The number of hydrogen-bond acceptors (Lipinski definition) is 3. The SMILES string of the molecule is CNC(CN1C(=O)C2CC2C1=O)c1ccc(C)cc1. The second kappa shape index (κ2) is 4.46. The minimum atomic E-state index is -0.0111. The molecule has 0 aromatic heterocycles. The highest BCUT2D eigenvalue weighted by molar-refractivity contribution is 6.08. The van der Waals surface area contributed by atoms with E-state index in [-0.39, 0.29) is 29.7 Å². The average molecular weight is 258 g/mol. The highest BCUT2D eigenvalue weighted by Gasteiger charge is 2.58. The predicted molar refractivity (Wildman–Crippen MR) is 71.3 cm³/mol. The van der Waals surface area contributed by atoms with Gasteiger partial charge in [-0.15, -0.1) is 0 Å². The lowest BCUT2D eigenvalue weighted by Crippen LogP contribution is -2.39. The molecule has 1 saturated carbocycles. The van der Waals surface area contributed by atoms with E-state index in [1.807, 2.05) is 38.2 Å². The third-order valence-electron chi connectivity index (χ3n) is 4.15. The summed E-state index contributed by atoms with van der Waals surface area (Å²) in [6.45, 7) is 2.48. The van der Waals surface area contributed by atoms with E-state index in [1.165, 1.54) is 10.5 Å². The van der Waals surface area contributed by atoms with Gasteiger partial charge < -0.3 is 5.32 Å². The van der Waals surface area contributed by atoms with Gasteiger partial charge in [0.25, 0.3) is 0 Å². The number of nitrogens with one attached hydrogen (secondary N) is 1. The van der Waals surface area contributed by atoms with Crippen LogP contribution in [-0.4, -0.2) is 30.3 Å². The highest BCUT2D eigenvalue weighted by Crippen LogP contribution is 2.47. The van der Waals surface area contributed by atoms with Gasteiger partial charge in [-0.25, -0.2) is 0 Å². The van der Waals surface area contributed by atoms with Crippen molar-refractivity contribution in [1.82, 2.24) is 10.2 Å². The number of carbonyl (C=O) groups is 2. The highest BCUT2D eigenvalue weighted by atomic mass is 16.2. The monoisotopic (exact) mass is 258 g/mol. The van der Waals surface area contributed by atoms with Crippen LogP contribution >= 0.6 is 0 Å². The summed E-state index contributed by atoms with van der Waals surface area (Å²) in [6.07, 6.45) is 0.767. The topological polar surface area (TPSA) is 49.4 Å². The molecule has 2 aliphatic rings. The second-order valence-electron chi connectivity index (χ2n) is 5.49. The van der Waals surface area contributed by atoms with Crippen molar-refractivity contribution in [2.75, 3.05) is 13.6 Å². The summed E-state index contributed by atoms with van der Waals surface area (Å²) < 4.78 is 0. The van der Waals surface area contributed by atoms with Crippen LogP contribution in [0.2, 0.25) is 0 Å². The van der Waals surface area contributed by atoms with Crippen molar-refractivity contribution >= 4 is 11.8 Å². The first-order valence-corrected chi connectivity index (χ1v) is 6.71. The number of aryl methyl sites for hydroxylation is 1. The Morgan fingerprint density at radius 3 is 2.32 bits per heavy atom. The molecule has 19 heavy (non-hydrogen) atoms. The van der Waals surface area contributed by atoms with E-state index in [9.17, 15) is 9.59 Å². The smallest absolute Gasteiger partial charge is 0.233 e. The zero-order valence-electron chi connectivity index (χ0n) is 11.2. The Morgan fingerprint density at radius 2 is 1.79 bits per heavy atom. The van der Waals surface area contributed by atoms with Gasteiger partial charge in [0, 0.05) is 6.54 Å². The number of hydrogen-bond donors (Lipinski definition) is 1. The van der Waals surface area contributed by atoms with E-state index in [2.05, 4.69) is 5.32 Å². The van der Waals surface area contributed by atoms with Gasteiger partial charge in [-0.2, -0.15) is 0 Å². The maximum Gasteiger partial charge on any atom is 0.233 e. The Hall–Kier alpha value is -1.68. The molecule has 1 heterocycles. The molecule has 1 aromatic rings. The number of carbonyl (C=O) groups excluding carboxylic acids is 2. The van der Waals surface area contributed by atoms with Gasteiger partial charge in [-0.1, -0.05) is 29.8 Å². The zero-order valence-corrected chi connectivity index (χ0v) is 11.2. The third-order valence-corrected chi connectivity index (χ3v) is 4.15. The molecule has 2 fully saturated rings. The standard InChI is InChI=1S/C15H18N2O2/c1-9-3-5-10(6-4-9)13(16-2)8-17-14(18)11-7-12(11)15(17)19/h3-6,11-13,16H,7-8H2,1-2H3. The van der Waals surface area contributed by atoms with E-state index < -0.39 is 0 Å². The summed E-state index contributed by atoms with van der Waals surface area (Å²) in [5.74, 6) is 0.00997. The van der Waals surface area contributed by atoms with Crippen molar-refractivity contribution < 1.29 is 9.59 Å². The summed E-state index contributed by atoms with van der Waals surface area (Å²) >= 11 is 0. The van der Waals surface area contributed by atoms with Crippen molar-refractivity contribution in [2.45, 2.75) is 19.4 Å². The van der Waals surface area contributed by atoms with E-state index in [0.29, 0.717) is 6.54 Å². The fourth-order valence-electron chi connectivity index (χ4n) is 2.77. The van der Waals surface area contributed by atoms with Crippen LogP contribution in [0.1, 0.15) is 23.6 Å². The molecule has 3 unspecified atom stereocenters. The maximum absolute atomic E-state index is 12.0. The summed E-state index contributed by atoms with van der Waals surface area (Å²) in [6, 6.07) is 8.19. The fourth-order valence-corrected chi connectivity index (χ4v) is 2.77. The quantitative estimate of drug-likeness (QED) is 0.827. The number of imide groups is 1. The summed E-state index contributed by atoms with van der Waals surface area (Å²) in [4.78, 5) is 25.4. The van der Waals surface area contributed by atoms with Gasteiger partial charge in [0.15, 0.2) is 0 Å². The third kappa shape index (κ3) is 2.06. The molecule has 3 atom stereocenters. The largest absolute Gasteiger partial charge is 0.312 e. The van der Waals surface area contributed by atoms with E-state index in [0.717, 1.165) is 12.0 Å². The molecule has 0 radical (unpaired) electrons. The zero-order chi connectivity index (χ0) is 13.6. The molecular weight excluding hydrogens is 240 g/mol. The number of benzene rings is 1. The van der Waals surface area contributed by atoms with E-state index in [1.54, 1.807) is 0 Å². The van der Waals surface area contributed by atoms with Gasteiger partial charge >= 0.3 is 0 Å². The Morgan fingerprint density at radius 1 is 1.21 bits per heavy atom. The number of fused-ring (bicyclic) bond motifs is 1. The number of likely N-dealkylation sites (N-methyl/N-ethyl adjacent to an activating group) is 1. The van der Waals surface area contributed by atoms with Crippen LogP contribution in [0.25, 0.3) is 0 Å². The van der Waals surface area contributed by atoms with Crippen molar-refractivity contribution in [3.05, 3.63) is 35.4 Å². The number of nitrogens with zero attached hydrogens (tertiary/aromatic N) is 1. The molecule has 1 aliphatic heterocycles. The van der Waals surface area contributed by atoms with Crippen molar-refractivity contribution in [3.63, 3.8) is 0 Å². The molecule has 1 aromatic carbocycles. The Bertz CT molecular complexity index is 503. The van der Waals surface area contributed by atoms with Crippen LogP contribution in [0.3, 0.4) is 0 Å². The lowest BCUT2D eigenvalue weighted by Gasteiger charge is -2.24. The van der Waals surface area contributed by atoms with Gasteiger partial charge in [0.05, 0.1) is 17.9 Å². The Labute approximate surface area is 112 Å². The lowest BCUT2D eigenvalue weighted by atomic mass is 10.0. The minimum absolute atomic E-state index is 0.00556. The van der Waals surface area contributed by atoms with Crippen LogP contribution < -0.4 is 5.32 Å². The Balaban J connectivity index is 1.75. The van der Waals surface area contributed by atoms with Crippen LogP contribution in [0.4, 0.5) is 0 Å². The molecule has 1 N–H and O–H groups in total. The first-order chi connectivity index (χ1) is 9.11. The summed E-state index contributed by atoms with van der Waals surface area (Å²) in [7, 11) is 1.86. The summed E-state index contributed by atoms with van der Waals surface area (Å²) in [5.41, 5.74) is 2.31. The van der Waals surface area contributed by atoms with Crippen LogP contribution in [-0.2, 0) is 9.59 Å². The van der Waals surface area contributed by atoms with Crippen molar-refractivity contribution in [3.8, 4) is 0 Å². The molecule has 2 amide bonds. The molecular formula is C15H18N2O2. The van der Waals surface area contributed by atoms with Gasteiger partial charge in [-0.05, 0) is 26.0 Å². The van der Waals surface area contributed by atoms with Crippen LogP contribution in [0.15, 0.2) is 24.3 Å². The van der Waals surface area contributed by atoms with E-state index in [4.69, 9.17) is 0 Å². The molecule has 0 bridgehead atoms. The molecule has 1 aliphatic carbocycles. The second-order valence-corrected chi connectivity index (χ2v) is 5.49. The molecule has 4 nitrogen and oxygen atoms in total. The molecule has 0 spiro atoms. The molecule has 1 saturated heterocycles. The lowest BCUT2D eigenvalue weighted by molar-refractivity contribution is -0.141. The first-order valence-electron chi connectivity index (χ1n) is 6.71. The molecule has 3 rings (SSSR count). The first kappa shape index (κ1) is 12.4. The van der Waals surface area contributed by atoms with Gasteiger partial charge in [-0.3, -0.25) is 14.5 Å². The minimum Gasteiger partial charge on any atom is -0.312 e. The van der Waals surface area contributed by atoms with Crippen molar-refractivity contribution in [2.24, 2.45) is 11.8 Å². The normalized spacial score (nSPS) is 26.5. The number of rotatable bonds is 4. The van der Waals surface area contributed by atoms with E-state index >= 15 is 0 Å². The molecule has 4 heteroatoms. The number of amides is 2. The summed E-state index contributed by atoms with van der Waals surface area (Å²) in [5, 5.41) is 3.19. The number of piperidine rings is 1. The average Bonchev–Trinajstić information content (AvgIpc) is 3.16.